The van der Waals surface area contributed by atoms with Crippen molar-refractivity contribution in [2.75, 3.05) is 7.11 Å². The van der Waals surface area contributed by atoms with Gasteiger partial charge < -0.3 is 9.84 Å². The normalized spacial score (nSPS) is 27.9. The minimum atomic E-state index is -0.797. The van der Waals surface area contributed by atoms with E-state index < -0.39 is 5.60 Å². The number of hydrogen-bond donors (Lipinski definition) is 1. The molecule has 0 aromatic carbocycles. The lowest BCUT2D eigenvalue weighted by Crippen LogP contribution is -2.48. The van der Waals surface area contributed by atoms with Gasteiger partial charge in [0, 0.05) is 20.1 Å². The molecule has 1 aliphatic rings. The monoisotopic (exact) mass is 267 g/mol. The number of aromatic nitrogens is 3. The van der Waals surface area contributed by atoms with Crippen molar-refractivity contribution in [1.82, 2.24) is 14.8 Å². The lowest BCUT2D eigenvalue weighted by molar-refractivity contribution is -0.117. The second kappa shape index (κ2) is 6.01. The third kappa shape index (κ3) is 3.34. The highest BCUT2D eigenvalue weighted by molar-refractivity contribution is 5.00. The molecule has 0 radical (unpaired) electrons. The van der Waals surface area contributed by atoms with Crippen LogP contribution in [0.1, 0.15) is 45.4 Å². The highest BCUT2D eigenvalue weighted by Crippen LogP contribution is 2.33. The Kier molecular flexibility index (Phi) is 4.58. The van der Waals surface area contributed by atoms with Crippen LogP contribution < -0.4 is 0 Å². The van der Waals surface area contributed by atoms with Crippen molar-refractivity contribution in [2.45, 2.75) is 64.2 Å². The molecule has 2 unspecified atom stereocenters. The van der Waals surface area contributed by atoms with Gasteiger partial charge in [-0.3, -0.25) is 0 Å². The number of rotatable bonds is 5. The van der Waals surface area contributed by atoms with E-state index in [9.17, 15) is 5.11 Å². The first-order chi connectivity index (χ1) is 9.05. The zero-order valence-corrected chi connectivity index (χ0v) is 12.2. The number of hydrogen-bond acceptors (Lipinski definition) is 4. The lowest BCUT2D eigenvalue weighted by atomic mass is 9.79. The Bertz CT molecular complexity index is 405. The molecule has 1 heterocycles. The molecule has 0 bridgehead atoms. The smallest absolute Gasteiger partial charge is 0.138 e. The van der Waals surface area contributed by atoms with E-state index in [4.69, 9.17) is 4.74 Å². The maximum atomic E-state index is 10.9. The predicted octanol–water partition coefficient (Wildman–Crippen LogP) is 1.80. The Hall–Kier alpha value is -0.940. The van der Waals surface area contributed by atoms with Gasteiger partial charge in [0.2, 0.25) is 0 Å². The predicted molar refractivity (Wildman–Crippen MR) is 72.8 cm³/mol. The summed E-state index contributed by atoms with van der Waals surface area (Å²) in [5.74, 6) is 1.37. The van der Waals surface area contributed by atoms with Gasteiger partial charge in [-0.1, -0.05) is 26.7 Å². The van der Waals surface area contributed by atoms with Crippen LogP contribution in [0.2, 0.25) is 0 Å². The van der Waals surface area contributed by atoms with E-state index in [2.05, 4.69) is 23.9 Å². The van der Waals surface area contributed by atoms with Crippen molar-refractivity contribution in [3.63, 3.8) is 0 Å². The fourth-order valence-corrected chi connectivity index (χ4v) is 2.93. The first kappa shape index (κ1) is 14.5. The van der Waals surface area contributed by atoms with Crippen molar-refractivity contribution in [1.29, 1.82) is 0 Å². The maximum Gasteiger partial charge on any atom is 0.138 e. The lowest BCUT2D eigenvalue weighted by Gasteiger charge is -2.38. The molecule has 0 spiro atoms. The third-order valence-electron chi connectivity index (χ3n) is 3.91. The molecule has 1 fully saturated rings. The quantitative estimate of drug-likeness (QED) is 0.883. The standard InChI is InChI=1S/C14H25N3O2/c1-11(2)9-17-13(15-10-16-17)8-14(18)7-5-4-6-12(14)19-3/h10-12,18H,4-9H2,1-3H3. The van der Waals surface area contributed by atoms with Gasteiger partial charge in [0.25, 0.3) is 0 Å². The van der Waals surface area contributed by atoms with Crippen LogP contribution in [0, 0.1) is 5.92 Å². The average molecular weight is 267 g/mol. The molecule has 1 saturated carbocycles. The number of nitrogens with zero attached hydrogens (tertiary/aromatic N) is 3. The van der Waals surface area contributed by atoms with E-state index in [1.165, 1.54) is 0 Å². The van der Waals surface area contributed by atoms with Crippen molar-refractivity contribution >= 4 is 0 Å². The van der Waals surface area contributed by atoms with Crippen LogP contribution in [0.25, 0.3) is 0 Å². The van der Waals surface area contributed by atoms with Crippen LogP contribution in [0.4, 0.5) is 0 Å². The van der Waals surface area contributed by atoms with Crippen molar-refractivity contribution in [3.8, 4) is 0 Å². The zero-order valence-electron chi connectivity index (χ0n) is 12.2. The van der Waals surface area contributed by atoms with E-state index in [0.717, 1.165) is 38.1 Å². The molecule has 1 aromatic rings. The molecule has 2 rings (SSSR count). The summed E-state index contributed by atoms with van der Waals surface area (Å²) >= 11 is 0. The molecule has 5 heteroatoms. The first-order valence-corrected chi connectivity index (χ1v) is 7.17. The van der Waals surface area contributed by atoms with Gasteiger partial charge in [-0.25, -0.2) is 9.67 Å². The first-order valence-electron chi connectivity index (χ1n) is 7.17. The SMILES string of the molecule is COC1CCCCC1(O)Cc1ncnn1CC(C)C. The van der Waals surface area contributed by atoms with E-state index in [1.807, 2.05) is 4.68 Å². The van der Waals surface area contributed by atoms with Crippen LogP contribution in [-0.2, 0) is 17.7 Å². The summed E-state index contributed by atoms with van der Waals surface area (Å²) in [5.41, 5.74) is -0.797. The van der Waals surface area contributed by atoms with Gasteiger partial charge in [-0.05, 0) is 18.8 Å². The molecule has 0 saturated heterocycles. The Balaban J connectivity index is 2.12. The second-order valence-electron chi connectivity index (χ2n) is 6.00. The molecule has 1 aromatic heterocycles. The van der Waals surface area contributed by atoms with E-state index in [0.29, 0.717) is 12.3 Å². The van der Waals surface area contributed by atoms with Crippen LogP contribution in [0.5, 0.6) is 0 Å². The van der Waals surface area contributed by atoms with E-state index in [-0.39, 0.29) is 6.10 Å². The van der Waals surface area contributed by atoms with Crippen LogP contribution in [0.15, 0.2) is 6.33 Å². The summed E-state index contributed by atoms with van der Waals surface area (Å²) < 4.78 is 7.38. The molecular formula is C14H25N3O2. The molecule has 1 aliphatic carbocycles. The average Bonchev–Trinajstić information content (AvgIpc) is 2.76. The third-order valence-corrected chi connectivity index (χ3v) is 3.91. The Labute approximate surface area is 115 Å². The summed E-state index contributed by atoms with van der Waals surface area (Å²) in [5, 5.41) is 15.1. The van der Waals surface area contributed by atoms with E-state index >= 15 is 0 Å². The number of ether oxygens (including phenoxy) is 1. The minimum absolute atomic E-state index is 0.0922. The fourth-order valence-electron chi connectivity index (χ4n) is 2.93. The molecule has 1 N–H and O–H groups in total. The Morgan fingerprint density at radius 2 is 2.32 bits per heavy atom. The molecule has 2 atom stereocenters. The minimum Gasteiger partial charge on any atom is -0.387 e. The topological polar surface area (TPSA) is 60.2 Å². The van der Waals surface area contributed by atoms with Crippen LogP contribution >= 0.6 is 0 Å². The van der Waals surface area contributed by atoms with Crippen LogP contribution in [-0.4, -0.2) is 38.7 Å². The summed E-state index contributed by atoms with van der Waals surface area (Å²) in [6.07, 6.45) is 5.88. The van der Waals surface area contributed by atoms with Gasteiger partial charge in [-0.2, -0.15) is 5.10 Å². The molecule has 0 amide bonds. The summed E-state index contributed by atoms with van der Waals surface area (Å²) in [6.45, 7) is 5.14. The van der Waals surface area contributed by atoms with Gasteiger partial charge >= 0.3 is 0 Å². The van der Waals surface area contributed by atoms with Crippen molar-refractivity contribution < 1.29 is 9.84 Å². The van der Waals surface area contributed by atoms with Crippen molar-refractivity contribution in [2.24, 2.45) is 5.92 Å². The highest BCUT2D eigenvalue weighted by atomic mass is 16.5. The van der Waals surface area contributed by atoms with Crippen LogP contribution in [0.3, 0.4) is 0 Å². The Morgan fingerprint density at radius 3 is 3.00 bits per heavy atom. The van der Waals surface area contributed by atoms with Gasteiger partial charge in [0.1, 0.15) is 12.2 Å². The molecular weight excluding hydrogens is 242 g/mol. The van der Waals surface area contributed by atoms with E-state index in [1.54, 1.807) is 13.4 Å². The molecule has 108 valence electrons. The maximum absolute atomic E-state index is 10.9. The number of methoxy groups -OCH3 is 1. The van der Waals surface area contributed by atoms with Gasteiger partial charge in [0.15, 0.2) is 0 Å². The zero-order chi connectivity index (χ0) is 13.9. The Morgan fingerprint density at radius 1 is 1.53 bits per heavy atom. The molecule has 5 nitrogen and oxygen atoms in total. The largest absolute Gasteiger partial charge is 0.387 e. The summed E-state index contributed by atoms with van der Waals surface area (Å²) in [4.78, 5) is 4.31. The fraction of sp³-hybridized carbons (Fsp3) is 0.857. The van der Waals surface area contributed by atoms with Gasteiger partial charge in [-0.15, -0.1) is 0 Å². The summed E-state index contributed by atoms with van der Waals surface area (Å²) in [6, 6.07) is 0. The second-order valence-corrected chi connectivity index (χ2v) is 6.00. The number of aliphatic hydroxyl groups is 1. The molecule has 0 aliphatic heterocycles. The van der Waals surface area contributed by atoms with Crippen molar-refractivity contribution in [3.05, 3.63) is 12.2 Å². The van der Waals surface area contributed by atoms with Gasteiger partial charge in [0.05, 0.1) is 11.7 Å². The molecule has 19 heavy (non-hydrogen) atoms. The highest BCUT2D eigenvalue weighted by Gasteiger charge is 2.40. The summed E-state index contributed by atoms with van der Waals surface area (Å²) in [7, 11) is 1.68.